The highest BCUT2D eigenvalue weighted by molar-refractivity contribution is 5.74. The summed E-state index contributed by atoms with van der Waals surface area (Å²) in [6.45, 7) is 0.526. The van der Waals surface area contributed by atoms with E-state index in [0.717, 1.165) is 16.7 Å². The predicted octanol–water partition coefficient (Wildman–Crippen LogP) is 2.07. The van der Waals surface area contributed by atoms with Crippen molar-refractivity contribution in [3.63, 3.8) is 0 Å². The highest BCUT2D eigenvalue weighted by Gasteiger charge is 2.33. The Hall–Kier alpha value is -2.36. The number of hydrogen-bond acceptors (Lipinski definition) is 2. The standard InChI is InChI=1S/C14H13N3O/c15-14(18)17-9-11-8-16-7-6-12(11)13(17)10-4-2-1-3-5-10/h1-8,13H,9H2,(H2,15,18). The average molecular weight is 239 g/mol. The number of pyridine rings is 1. The third-order valence-electron chi connectivity index (χ3n) is 3.29. The lowest BCUT2D eigenvalue weighted by molar-refractivity contribution is 0.199. The van der Waals surface area contributed by atoms with Gasteiger partial charge in [0.25, 0.3) is 0 Å². The Labute approximate surface area is 105 Å². The van der Waals surface area contributed by atoms with Crippen LogP contribution in [0, 0.1) is 0 Å². The van der Waals surface area contributed by atoms with Crippen molar-refractivity contribution in [2.45, 2.75) is 12.6 Å². The number of amides is 2. The maximum Gasteiger partial charge on any atom is 0.315 e. The lowest BCUT2D eigenvalue weighted by Gasteiger charge is -2.23. The van der Waals surface area contributed by atoms with Crippen molar-refractivity contribution in [1.29, 1.82) is 0 Å². The van der Waals surface area contributed by atoms with E-state index in [2.05, 4.69) is 4.98 Å². The summed E-state index contributed by atoms with van der Waals surface area (Å²) in [4.78, 5) is 17.3. The van der Waals surface area contributed by atoms with E-state index < -0.39 is 6.03 Å². The van der Waals surface area contributed by atoms with Gasteiger partial charge in [0, 0.05) is 12.4 Å². The van der Waals surface area contributed by atoms with Crippen LogP contribution in [0.1, 0.15) is 22.7 Å². The number of fused-ring (bicyclic) bond motifs is 1. The molecule has 2 amide bonds. The van der Waals surface area contributed by atoms with Gasteiger partial charge in [-0.1, -0.05) is 30.3 Å². The van der Waals surface area contributed by atoms with Gasteiger partial charge in [-0.25, -0.2) is 4.79 Å². The quantitative estimate of drug-likeness (QED) is 0.828. The lowest BCUT2D eigenvalue weighted by atomic mass is 9.99. The summed E-state index contributed by atoms with van der Waals surface area (Å²) in [5.74, 6) is 0. The number of carbonyl (C=O) groups is 1. The Morgan fingerprint density at radius 3 is 2.78 bits per heavy atom. The molecule has 4 heteroatoms. The van der Waals surface area contributed by atoms with Crippen LogP contribution in [0.5, 0.6) is 0 Å². The molecule has 90 valence electrons. The second kappa shape index (κ2) is 4.14. The van der Waals surface area contributed by atoms with Crippen LogP contribution in [0.15, 0.2) is 48.8 Å². The van der Waals surface area contributed by atoms with Crippen LogP contribution in [-0.2, 0) is 6.54 Å². The molecule has 18 heavy (non-hydrogen) atoms. The molecule has 0 bridgehead atoms. The molecule has 1 atom stereocenters. The summed E-state index contributed by atoms with van der Waals surface area (Å²) in [6.07, 6.45) is 3.55. The monoisotopic (exact) mass is 239 g/mol. The fourth-order valence-corrected chi connectivity index (χ4v) is 2.48. The minimum atomic E-state index is -0.403. The first-order chi connectivity index (χ1) is 8.77. The van der Waals surface area contributed by atoms with E-state index >= 15 is 0 Å². The van der Waals surface area contributed by atoms with Crippen molar-refractivity contribution in [3.8, 4) is 0 Å². The van der Waals surface area contributed by atoms with Crippen LogP contribution in [0.25, 0.3) is 0 Å². The number of nitrogens with two attached hydrogens (primary N) is 1. The fourth-order valence-electron chi connectivity index (χ4n) is 2.48. The molecular formula is C14H13N3O. The van der Waals surface area contributed by atoms with Gasteiger partial charge in [0.1, 0.15) is 0 Å². The van der Waals surface area contributed by atoms with Crippen molar-refractivity contribution in [2.75, 3.05) is 0 Å². The first-order valence-electron chi connectivity index (χ1n) is 5.81. The summed E-state index contributed by atoms with van der Waals surface area (Å²) in [6, 6.07) is 11.4. The third kappa shape index (κ3) is 1.62. The minimum absolute atomic E-state index is 0.0956. The molecule has 1 unspecified atom stereocenters. The molecule has 1 aliphatic rings. The fraction of sp³-hybridized carbons (Fsp3) is 0.143. The number of benzene rings is 1. The summed E-state index contributed by atoms with van der Waals surface area (Å²) < 4.78 is 0. The van der Waals surface area contributed by atoms with E-state index in [1.54, 1.807) is 17.3 Å². The average Bonchev–Trinajstić information content (AvgIpc) is 2.79. The van der Waals surface area contributed by atoms with Gasteiger partial charge in [-0.2, -0.15) is 0 Å². The van der Waals surface area contributed by atoms with Gasteiger partial charge in [0.05, 0.1) is 12.6 Å². The zero-order valence-corrected chi connectivity index (χ0v) is 9.78. The molecule has 4 nitrogen and oxygen atoms in total. The molecule has 0 radical (unpaired) electrons. The number of hydrogen-bond donors (Lipinski definition) is 1. The number of primary amides is 1. The Kier molecular flexibility index (Phi) is 2.48. The molecule has 1 aromatic carbocycles. The van der Waals surface area contributed by atoms with E-state index in [9.17, 15) is 4.79 Å². The number of nitrogens with zero attached hydrogens (tertiary/aromatic N) is 2. The highest BCUT2D eigenvalue weighted by Crippen LogP contribution is 2.37. The van der Waals surface area contributed by atoms with Crippen LogP contribution in [-0.4, -0.2) is 15.9 Å². The number of rotatable bonds is 1. The molecule has 1 aromatic heterocycles. The molecule has 3 rings (SSSR count). The zero-order valence-electron chi connectivity index (χ0n) is 9.78. The van der Waals surface area contributed by atoms with Crippen molar-refractivity contribution < 1.29 is 4.79 Å². The summed E-state index contributed by atoms with van der Waals surface area (Å²) in [5, 5.41) is 0. The molecule has 0 aliphatic carbocycles. The lowest BCUT2D eigenvalue weighted by Crippen LogP contribution is -2.34. The van der Waals surface area contributed by atoms with E-state index in [4.69, 9.17) is 5.73 Å². The predicted molar refractivity (Wildman–Crippen MR) is 67.6 cm³/mol. The number of carbonyl (C=O) groups excluding carboxylic acids is 1. The molecule has 2 N–H and O–H groups in total. The largest absolute Gasteiger partial charge is 0.351 e. The molecular weight excluding hydrogens is 226 g/mol. The summed E-state index contributed by atoms with van der Waals surface area (Å²) >= 11 is 0. The van der Waals surface area contributed by atoms with Gasteiger partial charge in [-0.05, 0) is 22.8 Å². The van der Waals surface area contributed by atoms with Gasteiger partial charge in [0.15, 0.2) is 0 Å². The van der Waals surface area contributed by atoms with E-state index in [0.29, 0.717) is 6.54 Å². The van der Waals surface area contributed by atoms with Crippen molar-refractivity contribution in [3.05, 3.63) is 65.5 Å². The normalized spacial score (nSPS) is 17.6. The van der Waals surface area contributed by atoms with Crippen LogP contribution in [0.2, 0.25) is 0 Å². The molecule has 0 saturated heterocycles. The zero-order chi connectivity index (χ0) is 12.5. The Balaban J connectivity index is 2.11. The van der Waals surface area contributed by atoms with Crippen molar-refractivity contribution in [2.24, 2.45) is 5.73 Å². The van der Waals surface area contributed by atoms with Gasteiger partial charge in [-0.3, -0.25) is 4.98 Å². The van der Waals surface area contributed by atoms with Crippen LogP contribution >= 0.6 is 0 Å². The molecule has 2 aromatic rings. The van der Waals surface area contributed by atoms with Gasteiger partial charge >= 0.3 is 6.03 Å². The maximum atomic E-state index is 11.6. The van der Waals surface area contributed by atoms with Crippen molar-refractivity contribution in [1.82, 2.24) is 9.88 Å². The van der Waals surface area contributed by atoms with Gasteiger partial charge in [0.2, 0.25) is 0 Å². The maximum absolute atomic E-state index is 11.6. The first kappa shape index (κ1) is 10.8. The Morgan fingerprint density at radius 2 is 2.06 bits per heavy atom. The SMILES string of the molecule is NC(=O)N1Cc2cnccc2C1c1ccccc1. The first-order valence-corrected chi connectivity index (χ1v) is 5.81. The van der Waals surface area contributed by atoms with Crippen LogP contribution < -0.4 is 5.73 Å². The van der Waals surface area contributed by atoms with E-state index in [1.165, 1.54) is 0 Å². The Bertz CT molecular complexity index is 583. The van der Waals surface area contributed by atoms with Crippen molar-refractivity contribution >= 4 is 6.03 Å². The molecule has 0 spiro atoms. The second-order valence-electron chi connectivity index (χ2n) is 4.35. The Morgan fingerprint density at radius 1 is 1.28 bits per heavy atom. The molecule has 0 saturated carbocycles. The third-order valence-corrected chi connectivity index (χ3v) is 3.29. The van der Waals surface area contributed by atoms with E-state index in [1.807, 2.05) is 36.4 Å². The highest BCUT2D eigenvalue weighted by atomic mass is 16.2. The van der Waals surface area contributed by atoms with Crippen LogP contribution in [0.4, 0.5) is 4.79 Å². The van der Waals surface area contributed by atoms with E-state index in [-0.39, 0.29) is 6.04 Å². The molecule has 1 aliphatic heterocycles. The van der Waals surface area contributed by atoms with Gasteiger partial charge < -0.3 is 10.6 Å². The number of urea groups is 1. The minimum Gasteiger partial charge on any atom is -0.351 e. The summed E-state index contributed by atoms with van der Waals surface area (Å²) in [5.41, 5.74) is 8.71. The summed E-state index contributed by atoms with van der Waals surface area (Å²) in [7, 11) is 0. The second-order valence-corrected chi connectivity index (χ2v) is 4.35. The number of aromatic nitrogens is 1. The van der Waals surface area contributed by atoms with Gasteiger partial charge in [-0.15, -0.1) is 0 Å². The smallest absolute Gasteiger partial charge is 0.315 e. The van der Waals surface area contributed by atoms with Crippen LogP contribution in [0.3, 0.4) is 0 Å². The molecule has 2 heterocycles. The molecule has 0 fully saturated rings. The topological polar surface area (TPSA) is 59.2 Å².